The Labute approximate surface area is 199 Å². The van der Waals surface area contributed by atoms with E-state index in [0.717, 1.165) is 36.5 Å². The summed E-state index contributed by atoms with van der Waals surface area (Å²) in [7, 11) is 1.46. The third-order valence-corrected chi connectivity index (χ3v) is 11.0. The zero-order chi connectivity index (χ0) is 24.6. The van der Waals surface area contributed by atoms with E-state index in [1.54, 1.807) is 14.2 Å². The van der Waals surface area contributed by atoms with Crippen LogP contribution in [0.15, 0.2) is 36.5 Å². The van der Waals surface area contributed by atoms with Gasteiger partial charge in [-0.3, -0.25) is 0 Å². The largest absolute Gasteiger partial charge is 0.410 e. The highest BCUT2D eigenvalue weighted by atomic mass is 28.4. The first kappa shape index (κ1) is 31.2. The molecule has 0 aliphatic carbocycles. The van der Waals surface area contributed by atoms with Crippen molar-refractivity contribution in [3.8, 4) is 0 Å². The van der Waals surface area contributed by atoms with Crippen LogP contribution in [-0.2, 0) is 18.6 Å². The van der Waals surface area contributed by atoms with Gasteiger partial charge in [0.25, 0.3) is 0 Å². The molecule has 0 saturated heterocycles. The number of rotatable bonds is 19. The molecule has 32 heavy (non-hydrogen) atoms. The smallest absolute Gasteiger partial charge is 0.192 e. The van der Waals surface area contributed by atoms with Gasteiger partial charge in [0.2, 0.25) is 0 Å². The second-order valence-corrected chi connectivity index (χ2v) is 13.5. The van der Waals surface area contributed by atoms with Gasteiger partial charge in [-0.25, -0.2) is 0 Å². The van der Waals surface area contributed by atoms with Crippen molar-refractivity contribution >= 4 is 8.32 Å². The van der Waals surface area contributed by atoms with E-state index in [9.17, 15) is 5.11 Å². The van der Waals surface area contributed by atoms with Gasteiger partial charge in [-0.05, 0) is 49.4 Å². The van der Waals surface area contributed by atoms with Crippen molar-refractivity contribution in [3.05, 3.63) is 36.5 Å². The quantitative estimate of drug-likeness (QED) is 0.107. The molecule has 188 valence electrons. The molecule has 0 saturated carbocycles. The lowest BCUT2D eigenvalue weighted by atomic mass is 9.88. The van der Waals surface area contributed by atoms with Crippen molar-refractivity contribution in [1.82, 2.24) is 0 Å². The average Bonchev–Trinajstić information content (AvgIpc) is 2.81. The Balaban J connectivity index is 6.13. The molecule has 5 atom stereocenters. The molecule has 0 aliphatic heterocycles. The van der Waals surface area contributed by atoms with E-state index in [1.807, 2.05) is 13.0 Å². The molecular weight excluding hydrogens is 420 g/mol. The summed E-state index contributed by atoms with van der Waals surface area (Å²) in [4.78, 5) is 0. The summed E-state index contributed by atoms with van der Waals surface area (Å²) in [6.07, 6.45) is 9.52. The second kappa shape index (κ2) is 17.7. The molecule has 0 aromatic carbocycles. The van der Waals surface area contributed by atoms with Gasteiger partial charge < -0.3 is 23.7 Å². The first-order valence-corrected chi connectivity index (χ1v) is 14.7. The molecule has 0 aromatic heterocycles. The maximum Gasteiger partial charge on any atom is 0.192 e. The van der Waals surface area contributed by atoms with E-state index in [1.165, 1.54) is 0 Å². The van der Waals surface area contributed by atoms with Crippen LogP contribution in [0.1, 0.15) is 54.4 Å². The van der Waals surface area contributed by atoms with E-state index in [2.05, 4.69) is 59.4 Å². The SMILES string of the molecule is C=CCCC=CC(OC)[C@@H](OCOC)[C@H](C)[C@@H](O[Si](CC)(CC)CC)C(C)=C[C@H](C)CO. The van der Waals surface area contributed by atoms with Crippen LogP contribution in [0, 0.1) is 11.8 Å². The van der Waals surface area contributed by atoms with E-state index < -0.39 is 8.32 Å². The number of aliphatic hydroxyl groups excluding tert-OH is 1. The lowest BCUT2D eigenvalue weighted by Gasteiger charge is -2.40. The lowest BCUT2D eigenvalue weighted by molar-refractivity contribution is -0.137. The summed E-state index contributed by atoms with van der Waals surface area (Å²) in [6.45, 7) is 17.1. The molecule has 6 heteroatoms. The summed E-state index contributed by atoms with van der Waals surface area (Å²) < 4.78 is 24.3. The predicted molar refractivity (Wildman–Crippen MR) is 137 cm³/mol. The summed E-state index contributed by atoms with van der Waals surface area (Å²) in [5, 5.41) is 9.61. The molecule has 0 fully saturated rings. The monoisotopic (exact) mass is 470 g/mol. The molecular formula is C26H50O5Si. The predicted octanol–water partition coefficient (Wildman–Crippen LogP) is 6.11. The fraction of sp³-hybridized carbons (Fsp3) is 0.769. The van der Waals surface area contributed by atoms with Crippen molar-refractivity contribution in [2.45, 2.75) is 90.8 Å². The summed E-state index contributed by atoms with van der Waals surface area (Å²) in [6, 6.07) is 3.22. The van der Waals surface area contributed by atoms with Crippen LogP contribution in [0.2, 0.25) is 18.1 Å². The fourth-order valence-electron chi connectivity index (χ4n) is 4.11. The average molecular weight is 471 g/mol. The van der Waals surface area contributed by atoms with E-state index in [4.69, 9.17) is 18.6 Å². The van der Waals surface area contributed by atoms with Gasteiger partial charge in [0.15, 0.2) is 8.32 Å². The first-order chi connectivity index (χ1) is 15.3. The lowest BCUT2D eigenvalue weighted by Crippen LogP contribution is -2.48. The summed E-state index contributed by atoms with van der Waals surface area (Å²) >= 11 is 0. The van der Waals surface area contributed by atoms with E-state index in [0.29, 0.717) is 0 Å². The Morgan fingerprint density at radius 1 is 1.06 bits per heavy atom. The van der Waals surface area contributed by atoms with Gasteiger partial charge in [-0.2, -0.15) is 0 Å². The van der Waals surface area contributed by atoms with Crippen LogP contribution in [0.25, 0.3) is 0 Å². The van der Waals surface area contributed by atoms with Gasteiger partial charge in [0.1, 0.15) is 12.9 Å². The number of ether oxygens (including phenoxy) is 3. The topological polar surface area (TPSA) is 57.2 Å². The van der Waals surface area contributed by atoms with Crippen LogP contribution in [0.3, 0.4) is 0 Å². The molecule has 0 aromatic rings. The van der Waals surface area contributed by atoms with Crippen LogP contribution in [0.5, 0.6) is 0 Å². The zero-order valence-corrected chi connectivity index (χ0v) is 22.9. The van der Waals surface area contributed by atoms with Crippen LogP contribution in [0.4, 0.5) is 0 Å². The number of allylic oxidation sites excluding steroid dienone is 2. The molecule has 0 aliphatic rings. The molecule has 1 unspecified atom stereocenters. The molecule has 1 N–H and O–H groups in total. The zero-order valence-electron chi connectivity index (χ0n) is 21.9. The number of aliphatic hydroxyl groups is 1. The van der Waals surface area contributed by atoms with Gasteiger partial charge in [0.05, 0.1) is 12.2 Å². The number of unbranched alkanes of at least 4 members (excludes halogenated alkanes) is 1. The number of hydrogen-bond donors (Lipinski definition) is 1. The van der Waals surface area contributed by atoms with E-state index in [-0.39, 0.29) is 43.5 Å². The van der Waals surface area contributed by atoms with Gasteiger partial charge in [-0.1, -0.05) is 58.9 Å². The van der Waals surface area contributed by atoms with Crippen molar-refractivity contribution in [2.24, 2.45) is 11.8 Å². The standard InChI is InChI=1S/C26H50O5Si/c1-10-14-15-16-17-24(29-9)26(30-20-28-8)23(7)25(22(6)18-21(5)19-27)31-32(11-2,12-3)13-4/h10,16-18,21,23-27H,1,11-15,19-20H2,2-9H3/t21-,23+,24?,25-,26-/m0/s1. The van der Waals surface area contributed by atoms with Gasteiger partial charge in [-0.15, -0.1) is 6.58 Å². The fourth-order valence-corrected chi connectivity index (χ4v) is 7.05. The Hall–Kier alpha value is -0.763. The maximum atomic E-state index is 9.61. The minimum Gasteiger partial charge on any atom is -0.410 e. The van der Waals surface area contributed by atoms with Crippen molar-refractivity contribution in [2.75, 3.05) is 27.6 Å². The van der Waals surface area contributed by atoms with Crippen LogP contribution < -0.4 is 0 Å². The first-order valence-electron chi connectivity index (χ1n) is 12.2. The van der Waals surface area contributed by atoms with Crippen molar-refractivity contribution in [3.63, 3.8) is 0 Å². The highest BCUT2D eigenvalue weighted by Crippen LogP contribution is 2.32. The van der Waals surface area contributed by atoms with Crippen molar-refractivity contribution in [1.29, 1.82) is 0 Å². The van der Waals surface area contributed by atoms with Crippen LogP contribution >= 0.6 is 0 Å². The Kier molecular flexibility index (Phi) is 17.3. The Morgan fingerprint density at radius 2 is 1.69 bits per heavy atom. The Bertz CT molecular complexity index is 536. The number of hydrogen-bond acceptors (Lipinski definition) is 5. The van der Waals surface area contributed by atoms with Gasteiger partial charge in [0, 0.05) is 26.7 Å². The third-order valence-electron chi connectivity index (χ3n) is 6.43. The highest BCUT2D eigenvalue weighted by molar-refractivity contribution is 6.73. The molecule has 0 amide bonds. The molecule has 0 heterocycles. The molecule has 5 nitrogen and oxygen atoms in total. The third kappa shape index (κ3) is 10.4. The van der Waals surface area contributed by atoms with Gasteiger partial charge >= 0.3 is 0 Å². The summed E-state index contributed by atoms with van der Waals surface area (Å²) in [5.74, 6) is 0.0995. The minimum absolute atomic E-state index is 0.0258. The van der Waals surface area contributed by atoms with E-state index >= 15 is 0 Å². The molecule has 0 rings (SSSR count). The highest BCUT2D eigenvalue weighted by Gasteiger charge is 2.39. The number of methoxy groups -OCH3 is 2. The van der Waals surface area contributed by atoms with Crippen LogP contribution in [-0.4, -0.2) is 59.4 Å². The maximum absolute atomic E-state index is 9.61. The normalized spacial score (nSPS) is 17.8. The van der Waals surface area contributed by atoms with Crippen molar-refractivity contribution < 1.29 is 23.7 Å². The Morgan fingerprint density at radius 3 is 2.16 bits per heavy atom. The molecule has 0 radical (unpaired) electrons. The molecule has 0 bridgehead atoms. The second-order valence-electron chi connectivity index (χ2n) is 8.74. The minimum atomic E-state index is -1.89. The molecule has 0 spiro atoms. The summed E-state index contributed by atoms with van der Waals surface area (Å²) in [5.41, 5.74) is 1.14.